The lowest BCUT2D eigenvalue weighted by Gasteiger charge is -2.21. The summed E-state index contributed by atoms with van der Waals surface area (Å²) in [5, 5.41) is 8.80. The first-order valence-electron chi connectivity index (χ1n) is 5.42. The molecule has 15 heavy (non-hydrogen) atoms. The van der Waals surface area contributed by atoms with E-state index in [0.717, 1.165) is 12.8 Å². The Kier molecular flexibility index (Phi) is 9.46. The summed E-state index contributed by atoms with van der Waals surface area (Å²) in [6.45, 7) is 3.99. The number of unbranched alkanes of at least 4 members (excludes halogenated alkanes) is 1. The summed E-state index contributed by atoms with van der Waals surface area (Å²) < 4.78 is 5.05. The largest absolute Gasteiger partial charge is 0.395 e. The second-order valence-corrected chi connectivity index (χ2v) is 3.30. The molecular formula is C10H22N2O3. The average Bonchev–Trinajstić information content (AvgIpc) is 2.24. The van der Waals surface area contributed by atoms with Crippen LogP contribution in [0.2, 0.25) is 0 Å². The van der Waals surface area contributed by atoms with E-state index >= 15 is 0 Å². The summed E-state index contributed by atoms with van der Waals surface area (Å²) in [4.78, 5) is 13.2. The highest BCUT2D eigenvalue weighted by Crippen LogP contribution is 1.96. The summed E-state index contributed by atoms with van der Waals surface area (Å²) in [5.41, 5.74) is 5.24. The number of carbonyl (C=O) groups excluding carboxylic acids is 1. The van der Waals surface area contributed by atoms with Crippen molar-refractivity contribution in [2.75, 3.05) is 39.5 Å². The van der Waals surface area contributed by atoms with Crippen molar-refractivity contribution in [3.63, 3.8) is 0 Å². The molecular weight excluding hydrogens is 196 g/mol. The molecule has 0 aliphatic heterocycles. The smallest absolute Gasteiger partial charge is 0.248 e. The van der Waals surface area contributed by atoms with Crippen LogP contribution in [0.1, 0.15) is 19.8 Å². The number of rotatable bonds is 9. The molecule has 0 aromatic rings. The Bertz CT molecular complexity index is 165. The van der Waals surface area contributed by atoms with Gasteiger partial charge in [0.2, 0.25) is 5.91 Å². The van der Waals surface area contributed by atoms with Crippen LogP contribution in [0.5, 0.6) is 0 Å². The van der Waals surface area contributed by atoms with Gasteiger partial charge in [0.25, 0.3) is 0 Å². The highest BCUT2D eigenvalue weighted by Gasteiger charge is 2.11. The van der Waals surface area contributed by atoms with Crippen LogP contribution >= 0.6 is 0 Å². The van der Waals surface area contributed by atoms with E-state index in [1.807, 2.05) is 0 Å². The summed E-state index contributed by atoms with van der Waals surface area (Å²) in [6, 6.07) is 0. The zero-order valence-electron chi connectivity index (χ0n) is 9.45. The minimum absolute atomic E-state index is 0.00760. The van der Waals surface area contributed by atoms with Crippen molar-refractivity contribution < 1.29 is 14.6 Å². The number of aliphatic hydroxyl groups excluding tert-OH is 1. The molecule has 5 nitrogen and oxygen atoms in total. The predicted octanol–water partition coefficient (Wildman–Crippen LogP) is -0.417. The third-order valence-electron chi connectivity index (χ3n) is 1.99. The van der Waals surface area contributed by atoms with Crippen LogP contribution in [0.3, 0.4) is 0 Å². The van der Waals surface area contributed by atoms with Gasteiger partial charge in [-0.3, -0.25) is 4.79 Å². The fraction of sp³-hybridized carbons (Fsp3) is 0.900. The summed E-state index contributed by atoms with van der Waals surface area (Å²) in [5.74, 6) is -0.0778. The molecule has 0 spiro atoms. The topological polar surface area (TPSA) is 75.8 Å². The number of amides is 1. The zero-order valence-corrected chi connectivity index (χ0v) is 9.45. The summed E-state index contributed by atoms with van der Waals surface area (Å²) in [7, 11) is 0. The SMILES string of the molecule is CCCCN(CCO)C(=O)COCCN. The molecule has 0 aliphatic rings. The molecule has 0 aromatic heterocycles. The molecule has 0 atom stereocenters. The van der Waals surface area contributed by atoms with E-state index in [4.69, 9.17) is 15.6 Å². The lowest BCUT2D eigenvalue weighted by Crippen LogP contribution is -2.37. The van der Waals surface area contributed by atoms with E-state index in [1.54, 1.807) is 4.90 Å². The summed E-state index contributed by atoms with van der Waals surface area (Å²) in [6.07, 6.45) is 1.97. The van der Waals surface area contributed by atoms with Gasteiger partial charge in [-0.15, -0.1) is 0 Å². The standard InChI is InChI=1S/C10H22N2O3/c1-2-3-5-12(6-7-13)10(14)9-15-8-4-11/h13H,2-9,11H2,1H3. The molecule has 0 saturated heterocycles. The Morgan fingerprint density at radius 2 is 2.20 bits per heavy atom. The molecule has 0 bridgehead atoms. The highest BCUT2D eigenvalue weighted by molar-refractivity contribution is 5.77. The number of ether oxygens (including phenoxy) is 1. The van der Waals surface area contributed by atoms with Crippen LogP contribution in [0, 0.1) is 0 Å². The van der Waals surface area contributed by atoms with Crippen LogP contribution < -0.4 is 5.73 Å². The maximum Gasteiger partial charge on any atom is 0.248 e. The van der Waals surface area contributed by atoms with Crippen LogP contribution in [0.4, 0.5) is 0 Å². The number of nitrogens with two attached hydrogens (primary N) is 1. The van der Waals surface area contributed by atoms with Gasteiger partial charge in [0, 0.05) is 19.6 Å². The van der Waals surface area contributed by atoms with Gasteiger partial charge in [0.1, 0.15) is 6.61 Å². The van der Waals surface area contributed by atoms with Crippen LogP contribution in [0.25, 0.3) is 0 Å². The van der Waals surface area contributed by atoms with Crippen molar-refractivity contribution >= 4 is 5.91 Å². The van der Waals surface area contributed by atoms with Crippen molar-refractivity contribution in [1.82, 2.24) is 4.90 Å². The van der Waals surface area contributed by atoms with Gasteiger partial charge < -0.3 is 20.5 Å². The minimum atomic E-state index is -0.0778. The van der Waals surface area contributed by atoms with E-state index < -0.39 is 0 Å². The van der Waals surface area contributed by atoms with Gasteiger partial charge in [-0.05, 0) is 6.42 Å². The van der Waals surface area contributed by atoms with Gasteiger partial charge in [-0.1, -0.05) is 13.3 Å². The first-order chi connectivity index (χ1) is 7.26. The minimum Gasteiger partial charge on any atom is -0.395 e. The van der Waals surface area contributed by atoms with E-state index in [-0.39, 0.29) is 19.1 Å². The highest BCUT2D eigenvalue weighted by atomic mass is 16.5. The Hall–Kier alpha value is -0.650. The second-order valence-electron chi connectivity index (χ2n) is 3.30. The van der Waals surface area contributed by atoms with E-state index in [1.165, 1.54) is 0 Å². The molecule has 0 aliphatic carbocycles. The molecule has 1 amide bonds. The molecule has 0 rings (SSSR count). The van der Waals surface area contributed by atoms with Crippen LogP contribution in [-0.4, -0.2) is 55.4 Å². The Morgan fingerprint density at radius 3 is 2.73 bits per heavy atom. The molecule has 0 fully saturated rings. The third-order valence-corrected chi connectivity index (χ3v) is 1.99. The molecule has 0 saturated carbocycles. The fourth-order valence-corrected chi connectivity index (χ4v) is 1.16. The van der Waals surface area contributed by atoms with Gasteiger partial charge in [-0.2, -0.15) is 0 Å². The normalized spacial score (nSPS) is 10.3. The Balaban J connectivity index is 3.81. The monoisotopic (exact) mass is 218 g/mol. The van der Waals surface area contributed by atoms with Crippen molar-refractivity contribution in [2.45, 2.75) is 19.8 Å². The molecule has 90 valence electrons. The van der Waals surface area contributed by atoms with E-state index in [2.05, 4.69) is 6.92 Å². The van der Waals surface area contributed by atoms with Crippen LogP contribution in [-0.2, 0) is 9.53 Å². The maximum absolute atomic E-state index is 11.6. The lowest BCUT2D eigenvalue weighted by atomic mass is 10.3. The van der Waals surface area contributed by atoms with Crippen molar-refractivity contribution in [2.24, 2.45) is 5.73 Å². The van der Waals surface area contributed by atoms with Crippen molar-refractivity contribution in [1.29, 1.82) is 0 Å². The van der Waals surface area contributed by atoms with Crippen molar-refractivity contribution in [3.05, 3.63) is 0 Å². The first kappa shape index (κ1) is 14.3. The van der Waals surface area contributed by atoms with Gasteiger partial charge in [0.15, 0.2) is 0 Å². The molecule has 5 heteroatoms. The van der Waals surface area contributed by atoms with Crippen molar-refractivity contribution in [3.8, 4) is 0 Å². The molecule has 0 heterocycles. The Morgan fingerprint density at radius 1 is 1.47 bits per heavy atom. The number of carbonyl (C=O) groups is 1. The number of nitrogens with zero attached hydrogens (tertiary/aromatic N) is 1. The Labute approximate surface area is 91.2 Å². The quantitative estimate of drug-likeness (QED) is 0.515. The summed E-state index contributed by atoms with van der Waals surface area (Å²) >= 11 is 0. The van der Waals surface area contributed by atoms with Crippen LogP contribution in [0.15, 0.2) is 0 Å². The van der Waals surface area contributed by atoms with Gasteiger partial charge in [0.05, 0.1) is 13.2 Å². The predicted molar refractivity (Wildman–Crippen MR) is 58.4 cm³/mol. The molecule has 0 aromatic carbocycles. The lowest BCUT2D eigenvalue weighted by molar-refractivity contribution is -0.136. The first-order valence-corrected chi connectivity index (χ1v) is 5.42. The third kappa shape index (κ3) is 7.30. The number of hydrogen-bond acceptors (Lipinski definition) is 4. The van der Waals surface area contributed by atoms with Gasteiger partial charge >= 0.3 is 0 Å². The average molecular weight is 218 g/mol. The van der Waals surface area contributed by atoms with E-state index in [9.17, 15) is 4.79 Å². The molecule has 0 unspecified atom stereocenters. The van der Waals surface area contributed by atoms with Gasteiger partial charge in [-0.25, -0.2) is 0 Å². The van der Waals surface area contributed by atoms with E-state index in [0.29, 0.717) is 26.2 Å². The molecule has 3 N–H and O–H groups in total. The number of aliphatic hydroxyl groups is 1. The fourth-order valence-electron chi connectivity index (χ4n) is 1.16. The molecule has 0 radical (unpaired) electrons. The number of hydrogen-bond donors (Lipinski definition) is 2. The maximum atomic E-state index is 11.6. The zero-order chi connectivity index (χ0) is 11.5. The second kappa shape index (κ2) is 9.89.